The summed E-state index contributed by atoms with van der Waals surface area (Å²) >= 11 is 0. The van der Waals surface area contributed by atoms with Crippen LogP contribution in [-0.4, -0.2) is 20.1 Å². The third-order valence-electron chi connectivity index (χ3n) is 3.91. The van der Waals surface area contributed by atoms with Crippen molar-refractivity contribution in [2.24, 2.45) is 0 Å². The summed E-state index contributed by atoms with van der Waals surface area (Å²) in [6.07, 6.45) is 2.08. The molecule has 4 nitrogen and oxygen atoms in total. The molecule has 1 amide bonds. The first-order valence-electron chi connectivity index (χ1n) is 7.96. The van der Waals surface area contributed by atoms with Crippen LogP contribution < -0.4 is 14.8 Å². The lowest BCUT2D eigenvalue weighted by atomic mass is 9.98. The number of rotatable bonds is 8. The number of amides is 1. The zero-order valence-corrected chi connectivity index (χ0v) is 14.7. The minimum Gasteiger partial charge on any atom is -0.493 e. The second kappa shape index (κ2) is 8.73. The van der Waals surface area contributed by atoms with Gasteiger partial charge in [0.2, 0.25) is 5.91 Å². The van der Waals surface area contributed by atoms with Crippen LogP contribution in [-0.2, 0) is 17.8 Å². The summed E-state index contributed by atoms with van der Waals surface area (Å²) < 4.78 is 10.8. The number of nitrogens with one attached hydrogen (secondary N) is 1. The van der Waals surface area contributed by atoms with Crippen molar-refractivity contribution in [1.82, 2.24) is 5.32 Å². The SMILES string of the molecule is C=Cc1ccc(OC)c(OC)c1CC(=C)C(=O)NCc1ccccc1. The van der Waals surface area contributed by atoms with E-state index in [9.17, 15) is 4.79 Å². The van der Waals surface area contributed by atoms with Crippen molar-refractivity contribution in [3.05, 3.63) is 77.9 Å². The van der Waals surface area contributed by atoms with Gasteiger partial charge in [0.05, 0.1) is 14.2 Å². The fraction of sp³-hybridized carbons (Fsp3) is 0.190. The van der Waals surface area contributed by atoms with Gasteiger partial charge in [0.1, 0.15) is 0 Å². The standard InChI is InChI=1S/C21H23NO3/c1-5-17-11-12-19(24-3)20(25-4)18(17)13-15(2)21(23)22-14-16-9-7-6-8-10-16/h5-12H,1-2,13-14H2,3-4H3,(H,22,23). The Hall–Kier alpha value is -3.01. The van der Waals surface area contributed by atoms with E-state index in [0.717, 1.165) is 16.7 Å². The third-order valence-corrected chi connectivity index (χ3v) is 3.91. The Morgan fingerprint density at radius 1 is 1.12 bits per heavy atom. The highest BCUT2D eigenvalue weighted by Gasteiger charge is 2.17. The summed E-state index contributed by atoms with van der Waals surface area (Å²) in [4.78, 5) is 12.4. The molecule has 4 heteroatoms. The van der Waals surface area contributed by atoms with Crippen LogP contribution in [0.25, 0.3) is 6.08 Å². The van der Waals surface area contributed by atoms with Crippen molar-refractivity contribution in [1.29, 1.82) is 0 Å². The molecule has 2 rings (SSSR count). The first-order valence-corrected chi connectivity index (χ1v) is 7.96. The fourth-order valence-electron chi connectivity index (χ4n) is 2.58. The largest absolute Gasteiger partial charge is 0.493 e. The molecule has 2 aromatic carbocycles. The van der Waals surface area contributed by atoms with Crippen molar-refractivity contribution in [3.8, 4) is 11.5 Å². The first kappa shape index (κ1) is 18.3. The molecule has 0 unspecified atom stereocenters. The van der Waals surface area contributed by atoms with E-state index in [0.29, 0.717) is 30.0 Å². The maximum atomic E-state index is 12.4. The van der Waals surface area contributed by atoms with E-state index >= 15 is 0 Å². The summed E-state index contributed by atoms with van der Waals surface area (Å²) in [6.45, 7) is 8.21. The number of carbonyl (C=O) groups is 1. The minimum absolute atomic E-state index is 0.191. The van der Waals surface area contributed by atoms with Gasteiger partial charge in [-0.25, -0.2) is 0 Å². The highest BCUT2D eigenvalue weighted by molar-refractivity contribution is 5.93. The predicted octanol–water partition coefficient (Wildman–Crippen LogP) is 3.76. The van der Waals surface area contributed by atoms with Gasteiger partial charge in [-0.2, -0.15) is 0 Å². The Kier molecular flexibility index (Phi) is 6.40. The molecule has 0 aliphatic carbocycles. The molecule has 2 aromatic rings. The average Bonchev–Trinajstić information content (AvgIpc) is 2.66. The minimum atomic E-state index is -0.191. The summed E-state index contributed by atoms with van der Waals surface area (Å²) in [5.41, 5.74) is 3.20. The van der Waals surface area contributed by atoms with Gasteiger partial charge in [0, 0.05) is 24.1 Å². The van der Waals surface area contributed by atoms with E-state index in [4.69, 9.17) is 9.47 Å². The lowest BCUT2D eigenvalue weighted by Crippen LogP contribution is -2.25. The Morgan fingerprint density at radius 3 is 2.44 bits per heavy atom. The molecule has 0 aliphatic heterocycles. The van der Waals surface area contributed by atoms with Crippen LogP contribution in [0.4, 0.5) is 0 Å². The molecule has 130 valence electrons. The predicted molar refractivity (Wildman–Crippen MR) is 101 cm³/mol. The monoisotopic (exact) mass is 337 g/mol. The van der Waals surface area contributed by atoms with Crippen LogP contribution in [0.1, 0.15) is 16.7 Å². The van der Waals surface area contributed by atoms with Gasteiger partial charge in [-0.3, -0.25) is 4.79 Å². The zero-order chi connectivity index (χ0) is 18.2. The fourth-order valence-corrected chi connectivity index (χ4v) is 2.58. The first-order chi connectivity index (χ1) is 12.1. The smallest absolute Gasteiger partial charge is 0.247 e. The Bertz CT molecular complexity index is 766. The number of hydrogen-bond donors (Lipinski definition) is 1. The molecular weight excluding hydrogens is 314 g/mol. The number of benzene rings is 2. The molecule has 0 heterocycles. The van der Waals surface area contributed by atoms with Gasteiger partial charge < -0.3 is 14.8 Å². The van der Waals surface area contributed by atoms with Gasteiger partial charge >= 0.3 is 0 Å². The highest BCUT2D eigenvalue weighted by atomic mass is 16.5. The van der Waals surface area contributed by atoms with E-state index in [1.165, 1.54) is 0 Å². The number of ether oxygens (including phenoxy) is 2. The van der Waals surface area contributed by atoms with Gasteiger partial charge in [0.15, 0.2) is 11.5 Å². The van der Waals surface area contributed by atoms with Crippen LogP contribution in [0.5, 0.6) is 11.5 Å². The molecule has 0 atom stereocenters. The van der Waals surface area contributed by atoms with Gasteiger partial charge in [-0.1, -0.05) is 55.6 Å². The molecule has 0 spiro atoms. The van der Waals surface area contributed by atoms with Gasteiger partial charge in [-0.05, 0) is 17.2 Å². The zero-order valence-electron chi connectivity index (χ0n) is 14.7. The van der Waals surface area contributed by atoms with Crippen molar-refractivity contribution in [3.63, 3.8) is 0 Å². The Balaban J connectivity index is 2.13. The normalized spacial score (nSPS) is 10.0. The third kappa shape index (κ3) is 4.51. The van der Waals surface area contributed by atoms with Crippen LogP contribution in [0.15, 0.2) is 61.2 Å². The lowest BCUT2D eigenvalue weighted by molar-refractivity contribution is -0.117. The highest BCUT2D eigenvalue weighted by Crippen LogP contribution is 2.35. The molecule has 0 aliphatic rings. The van der Waals surface area contributed by atoms with Gasteiger partial charge in [-0.15, -0.1) is 0 Å². The molecule has 0 fully saturated rings. The van der Waals surface area contributed by atoms with Crippen LogP contribution in [0, 0.1) is 0 Å². The quantitative estimate of drug-likeness (QED) is 0.746. The second-order valence-corrected chi connectivity index (χ2v) is 5.52. The average molecular weight is 337 g/mol. The van der Waals surface area contributed by atoms with Crippen molar-refractivity contribution in [2.45, 2.75) is 13.0 Å². The van der Waals surface area contributed by atoms with Crippen molar-refractivity contribution < 1.29 is 14.3 Å². The molecule has 0 bridgehead atoms. The molecule has 1 N–H and O–H groups in total. The van der Waals surface area contributed by atoms with Crippen LogP contribution in [0.3, 0.4) is 0 Å². The molecule has 0 saturated carbocycles. The maximum absolute atomic E-state index is 12.4. The molecule has 0 aromatic heterocycles. The number of methoxy groups -OCH3 is 2. The molecular formula is C21H23NO3. The van der Waals surface area contributed by atoms with Crippen molar-refractivity contribution >= 4 is 12.0 Å². The molecule has 0 saturated heterocycles. The maximum Gasteiger partial charge on any atom is 0.247 e. The molecule has 0 radical (unpaired) electrons. The summed E-state index contributed by atoms with van der Waals surface area (Å²) in [7, 11) is 3.16. The lowest BCUT2D eigenvalue weighted by Gasteiger charge is -2.16. The Morgan fingerprint density at radius 2 is 1.84 bits per heavy atom. The Labute approximate surface area is 148 Å². The second-order valence-electron chi connectivity index (χ2n) is 5.52. The van der Waals surface area contributed by atoms with E-state index in [2.05, 4.69) is 18.5 Å². The van der Waals surface area contributed by atoms with E-state index < -0.39 is 0 Å². The van der Waals surface area contributed by atoms with E-state index in [-0.39, 0.29) is 5.91 Å². The molecule has 25 heavy (non-hydrogen) atoms. The summed E-state index contributed by atoms with van der Waals surface area (Å²) in [6, 6.07) is 13.4. The van der Waals surface area contributed by atoms with E-state index in [1.807, 2.05) is 42.5 Å². The van der Waals surface area contributed by atoms with Gasteiger partial charge in [0.25, 0.3) is 0 Å². The summed E-state index contributed by atoms with van der Waals surface area (Å²) in [5.74, 6) is 1.02. The van der Waals surface area contributed by atoms with Crippen LogP contribution in [0.2, 0.25) is 0 Å². The van der Waals surface area contributed by atoms with E-state index in [1.54, 1.807) is 20.3 Å². The number of hydrogen-bond acceptors (Lipinski definition) is 3. The topological polar surface area (TPSA) is 47.6 Å². The number of carbonyl (C=O) groups excluding carboxylic acids is 1. The summed E-state index contributed by atoms with van der Waals surface area (Å²) in [5, 5.41) is 2.89. The van der Waals surface area contributed by atoms with Crippen LogP contribution >= 0.6 is 0 Å². The van der Waals surface area contributed by atoms with Crippen molar-refractivity contribution in [2.75, 3.05) is 14.2 Å².